The Morgan fingerprint density at radius 2 is 2.11 bits per heavy atom. The van der Waals surface area contributed by atoms with Crippen molar-refractivity contribution in [2.45, 2.75) is 9.79 Å². The largest absolute Gasteiger partial charge is 0.480 e. The Hall–Kier alpha value is -2.36. The minimum absolute atomic E-state index is 0.0488. The zero-order valence-corrected chi connectivity index (χ0v) is 16.3. The fourth-order valence-corrected chi connectivity index (χ4v) is 3.61. The number of rotatable bonds is 6. The molecule has 8 nitrogen and oxygen atoms in total. The average molecular weight is 388 g/mol. The van der Waals surface area contributed by atoms with Crippen molar-refractivity contribution in [1.29, 1.82) is 0 Å². The van der Waals surface area contributed by atoms with Gasteiger partial charge in [-0.15, -0.1) is 0 Å². The van der Waals surface area contributed by atoms with E-state index in [9.17, 15) is 4.79 Å². The van der Waals surface area contributed by atoms with E-state index in [1.54, 1.807) is 13.3 Å². The van der Waals surface area contributed by atoms with Crippen molar-refractivity contribution in [3.05, 3.63) is 30.5 Å². The Bertz CT molecular complexity index is 795. The molecule has 0 unspecified atom stereocenters. The molecule has 2 aromatic rings. The monoisotopic (exact) mass is 388 g/mol. The standard InChI is InChI=1S/C18H24N6O2S/c1-23-6-8-24(9-7-23)18-20-12-15(17(22-18)26-2)27-14-5-3-4-13(10-14)21-16(25)11-19/h3-5,10,12H,6-9,11,19H2,1-2H3,(H,21,25). The molecule has 0 saturated carbocycles. The van der Waals surface area contributed by atoms with Crippen LogP contribution < -0.4 is 20.7 Å². The Kier molecular flexibility index (Phi) is 6.49. The number of nitrogens with zero attached hydrogens (tertiary/aromatic N) is 4. The second-order valence-electron chi connectivity index (χ2n) is 6.22. The highest BCUT2D eigenvalue weighted by Gasteiger charge is 2.18. The summed E-state index contributed by atoms with van der Waals surface area (Å²) in [6.07, 6.45) is 1.79. The van der Waals surface area contributed by atoms with Crippen LogP contribution in [0.3, 0.4) is 0 Å². The molecule has 1 aromatic heterocycles. The Morgan fingerprint density at radius 3 is 2.81 bits per heavy atom. The second kappa shape index (κ2) is 9.03. The highest BCUT2D eigenvalue weighted by molar-refractivity contribution is 7.99. The maximum absolute atomic E-state index is 11.5. The molecule has 1 fully saturated rings. The first-order valence-corrected chi connectivity index (χ1v) is 9.53. The van der Waals surface area contributed by atoms with Crippen molar-refractivity contribution < 1.29 is 9.53 Å². The van der Waals surface area contributed by atoms with Crippen LogP contribution in [0, 0.1) is 0 Å². The number of ether oxygens (including phenoxy) is 1. The maximum Gasteiger partial charge on any atom is 0.238 e. The van der Waals surface area contributed by atoms with Crippen LogP contribution >= 0.6 is 11.8 Å². The SMILES string of the molecule is COc1nc(N2CCN(C)CC2)ncc1Sc1cccc(NC(=O)CN)c1. The number of likely N-dealkylation sites (N-methyl/N-ethyl adjacent to an activating group) is 1. The van der Waals surface area contributed by atoms with Crippen LogP contribution in [0.25, 0.3) is 0 Å². The van der Waals surface area contributed by atoms with Gasteiger partial charge in [0.25, 0.3) is 0 Å². The van der Waals surface area contributed by atoms with Gasteiger partial charge < -0.3 is 25.6 Å². The van der Waals surface area contributed by atoms with Gasteiger partial charge in [0.15, 0.2) is 0 Å². The van der Waals surface area contributed by atoms with E-state index in [0.717, 1.165) is 36.0 Å². The van der Waals surface area contributed by atoms with Crippen molar-refractivity contribution in [3.8, 4) is 5.88 Å². The van der Waals surface area contributed by atoms with Crippen LogP contribution in [-0.4, -0.2) is 67.7 Å². The number of nitrogens with two attached hydrogens (primary N) is 1. The molecule has 0 bridgehead atoms. The molecule has 0 atom stereocenters. The highest BCUT2D eigenvalue weighted by Crippen LogP contribution is 2.35. The van der Waals surface area contributed by atoms with Crippen LogP contribution in [0.15, 0.2) is 40.3 Å². The summed E-state index contributed by atoms with van der Waals surface area (Å²) >= 11 is 1.48. The van der Waals surface area contributed by atoms with Gasteiger partial charge in [0, 0.05) is 36.8 Å². The van der Waals surface area contributed by atoms with Gasteiger partial charge in [0.2, 0.25) is 17.7 Å². The number of carbonyl (C=O) groups is 1. The van der Waals surface area contributed by atoms with E-state index in [0.29, 0.717) is 17.5 Å². The number of piperazine rings is 1. The summed E-state index contributed by atoms with van der Waals surface area (Å²) < 4.78 is 5.49. The molecule has 2 heterocycles. The molecule has 144 valence electrons. The Balaban J connectivity index is 1.75. The third kappa shape index (κ3) is 5.09. The summed E-state index contributed by atoms with van der Waals surface area (Å²) in [5, 5.41) is 2.75. The molecule has 3 rings (SSSR count). The first-order chi connectivity index (χ1) is 13.1. The molecule has 1 saturated heterocycles. The van der Waals surface area contributed by atoms with Crippen molar-refractivity contribution in [3.63, 3.8) is 0 Å². The van der Waals surface area contributed by atoms with E-state index >= 15 is 0 Å². The summed E-state index contributed by atoms with van der Waals surface area (Å²) in [5.74, 6) is 1.00. The molecule has 27 heavy (non-hydrogen) atoms. The fourth-order valence-electron chi connectivity index (χ4n) is 2.70. The molecule has 0 aliphatic carbocycles. The van der Waals surface area contributed by atoms with Crippen molar-refractivity contribution in [1.82, 2.24) is 14.9 Å². The molecule has 0 radical (unpaired) electrons. The van der Waals surface area contributed by atoms with E-state index in [1.165, 1.54) is 11.8 Å². The van der Waals surface area contributed by atoms with Crippen molar-refractivity contribution in [2.24, 2.45) is 5.73 Å². The summed E-state index contributed by atoms with van der Waals surface area (Å²) in [4.78, 5) is 26.8. The minimum atomic E-state index is -0.227. The van der Waals surface area contributed by atoms with Gasteiger partial charge in [0.05, 0.1) is 24.7 Å². The van der Waals surface area contributed by atoms with Gasteiger partial charge in [-0.05, 0) is 25.2 Å². The molecular weight excluding hydrogens is 364 g/mol. The molecule has 0 spiro atoms. The highest BCUT2D eigenvalue weighted by atomic mass is 32.2. The van der Waals surface area contributed by atoms with Crippen LogP contribution in [0.5, 0.6) is 5.88 Å². The van der Waals surface area contributed by atoms with E-state index in [-0.39, 0.29) is 12.5 Å². The zero-order valence-electron chi connectivity index (χ0n) is 15.5. The van der Waals surface area contributed by atoms with Gasteiger partial charge in [-0.25, -0.2) is 4.98 Å². The first kappa shape index (κ1) is 19.4. The van der Waals surface area contributed by atoms with Gasteiger partial charge >= 0.3 is 0 Å². The van der Waals surface area contributed by atoms with Crippen LogP contribution in [0.1, 0.15) is 0 Å². The summed E-state index contributed by atoms with van der Waals surface area (Å²) in [6.45, 7) is 3.73. The number of hydrogen-bond donors (Lipinski definition) is 2. The predicted octanol–water partition coefficient (Wildman–Crippen LogP) is 1.29. The molecule has 3 N–H and O–H groups in total. The van der Waals surface area contributed by atoms with E-state index in [4.69, 9.17) is 10.5 Å². The van der Waals surface area contributed by atoms with Gasteiger partial charge in [-0.3, -0.25) is 4.79 Å². The van der Waals surface area contributed by atoms with Crippen molar-refractivity contribution >= 4 is 29.3 Å². The van der Waals surface area contributed by atoms with Crippen LogP contribution in [-0.2, 0) is 4.79 Å². The lowest BCUT2D eigenvalue weighted by atomic mass is 10.3. The lowest BCUT2D eigenvalue weighted by molar-refractivity contribution is -0.114. The fraction of sp³-hybridized carbons (Fsp3) is 0.389. The Morgan fingerprint density at radius 1 is 1.33 bits per heavy atom. The summed E-state index contributed by atoms with van der Waals surface area (Å²) in [6, 6.07) is 7.53. The third-order valence-electron chi connectivity index (χ3n) is 4.22. The van der Waals surface area contributed by atoms with Gasteiger partial charge in [-0.1, -0.05) is 17.8 Å². The number of anilines is 2. The number of amides is 1. The number of nitrogens with one attached hydrogen (secondary N) is 1. The lowest BCUT2D eigenvalue weighted by Crippen LogP contribution is -2.45. The van der Waals surface area contributed by atoms with Crippen LogP contribution in [0.4, 0.5) is 11.6 Å². The molecule has 9 heteroatoms. The molecule has 1 aliphatic rings. The predicted molar refractivity (Wildman–Crippen MR) is 107 cm³/mol. The van der Waals surface area contributed by atoms with E-state index in [1.807, 2.05) is 24.3 Å². The third-order valence-corrected chi connectivity index (χ3v) is 5.21. The molecule has 1 aromatic carbocycles. The molecular formula is C18H24N6O2S. The van der Waals surface area contributed by atoms with E-state index in [2.05, 4.69) is 32.1 Å². The quantitative estimate of drug-likeness (QED) is 0.764. The normalized spacial score (nSPS) is 14.9. The first-order valence-electron chi connectivity index (χ1n) is 8.71. The summed E-state index contributed by atoms with van der Waals surface area (Å²) in [7, 11) is 3.72. The second-order valence-corrected chi connectivity index (χ2v) is 7.33. The number of methoxy groups -OCH3 is 1. The van der Waals surface area contributed by atoms with Crippen molar-refractivity contribution in [2.75, 3.05) is 57.1 Å². The number of benzene rings is 1. The summed E-state index contributed by atoms with van der Waals surface area (Å²) in [5.41, 5.74) is 6.04. The molecule has 1 amide bonds. The van der Waals surface area contributed by atoms with Gasteiger partial charge in [-0.2, -0.15) is 4.98 Å². The lowest BCUT2D eigenvalue weighted by Gasteiger charge is -2.32. The smallest absolute Gasteiger partial charge is 0.238 e. The minimum Gasteiger partial charge on any atom is -0.480 e. The topological polar surface area (TPSA) is 96.6 Å². The zero-order chi connectivity index (χ0) is 19.2. The molecule has 1 aliphatic heterocycles. The number of aromatic nitrogens is 2. The number of hydrogen-bond acceptors (Lipinski definition) is 8. The Labute approximate surface area is 163 Å². The average Bonchev–Trinajstić information content (AvgIpc) is 2.69. The van der Waals surface area contributed by atoms with Crippen LogP contribution in [0.2, 0.25) is 0 Å². The van der Waals surface area contributed by atoms with E-state index < -0.39 is 0 Å². The number of carbonyl (C=O) groups excluding carboxylic acids is 1. The van der Waals surface area contributed by atoms with Gasteiger partial charge in [0.1, 0.15) is 0 Å². The maximum atomic E-state index is 11.5.